The molecule has 0 bridgehead atoms. The number of quaternary nitrogens is 1. The molecule has 0 radical (unpaired) electrons. The van der Waals surface area contributed by atoms with Crippen LogP contribution < -0.4 is 4.48 Å². The third kappa shape index (κ3) is 5.24. The van der Waals surface area contributed by atoms with E-state index in [1.165, 1.54) is 6.07 Å². The Balaban J connectivity index is 1.43. The van der Waals surface area contributed by atoms with Crippen molar-refractivity contribution in [3.8, 4) is 0 Å². The minimum absolute atomic E-state index is 0.106. The predicted molar refractivity (Wildman–Crippen MR) is 119 cm³/mol. The molecule has 0 atom stereocenters. The standard InChI is InChI=1S/C23H28N3O4/c1-26(2,3)21-9-7-8-19(17-21)23(27)30-15-6-4-5-13-24-14-12-18-16-20(25(28)29)10-11-22(18)24/h7-12,14,16-17H,4-6,13,15H2,1-3H3/q+1. The summed E-state index contributed by atoms with van der Waals surface area (Å²) < 4.78 is 8.16. The number of hydrogen-bond acceptors (Lipinski definition) is 4. The Morgan fingerprint density at radius 1 is 1.07 bits per heavy atom. The molecule has 7 nitrogen and oxygen atoms in total. The topological polar surface area (TPSA) is 74.4 Å². The molecule has 3 aromatic rings. The molecule has 0 saturated carbocycles. The fraction of sp³-hybridized carbons (Fsp3) is 0.348. The van der Waals surface area contributed by atoms with Gasteiger partial charge in [-0.2, -0.15) is 0 Å². The summed E-state index contributed by atoms with van der Waals surface area (Å²) in [4.78, 5) is 22.8. The van der Waals surface area contributed by atoms with Crippen LogP contribution in [0.5, 0.6) is 0 Å². The highest BCUT2D eigenvalue weighted by atomic mass is 16.6. The number of aryl methyl sites for hydroxylation is 1. The molecule has 0 aliphatic rings. The van der Waals surface area contributed by atoms with E-state index in [2.05, 4.69) is 25.7 Å². The van der Waals surface area contributed by atoms with Gasteiger partial charge in [0.1, 0.15) is 5.69 Å². The summed E-state index contributed by atoms with van der Waals surface area (Å²) in [7, 11) is 6.17. The Bertz CT molecular complexity index is 1050. The highest BCUT2D eigenvalue weighted by Crippen LogP contribution is 2.22. The number of aromatic nitrogens is 1. The second-order valence-corrected chi connectivity index (χ2v) is 8.27. The minimum atomic E-state index is -0.378. The van der Waals surface area contributed by atoms with Crippen LogP contribution in [-0.2, 0) is 11.3 Å². The molecule has 0 saturated heterocycles. The Kier molecular flexibility index (Phi) is 6.52. The zero-order valence-corrected chi connectivity index (χ0v) is 17.7. The van der Waals surface area contributed by atoms with E-state index in [9.17, 15) is 14.9 Å². The van der Waals surface area contributed by atoms with Crippen molar-refractivity contribution in [2.45, 2.75) is 25.8 Å². The molecule has 0 aliphatic heterocycles. The van der Waals surface area contributed by atoms with Gasteiger partial charge in [-0.25, -0.2) is 4.79 Å². The fourth-order valence-electron chi connectivity index (χ4n) is 3.36. The van der Waals surface area contributed by atoms with Crippen molar-refractivity contribution in [1.29, 1.82) is 0 Å². The zero-order chi connectivity index (χ0) is 21.7. The number of carbonyl (C=O) groups excluding carboxylic acids is 1. The van der Waals surface area contributed by atoms with Crippen molar-refractivity contribution in [3.63, 3.8) is 0 Å². The van der Waals surface area contributed by atoms with Crippen LogP contribution in [-0.4, -0.2) is 43.2 Å². The third-order valence-electron chi connectivity index (χ3n) is 5.10. The van der Waals surface area contributed by atoms with Gasteiger partial charge < -0.3 is 9.30 Å². The number of fused-ring (bicyclic) bond motifs is 1. The van der Waals surface area contributed by atoms with Crippen LogP contribution in [0.25, 0.3) is 10.9 Å². The summed E-state index contributed by atoms with van der Waals surface area (Å²) >= 11 is 0. The lowest BCUT2D eigenvalue weighted by Crippen LogP contribution is -2.34. The van der Waals surface area contributed by atoms with Gasteiger partial charge in [0.25, 0.3) is 5.69 Å². The summed E-state index contributed by atoms with van der Waals surface area (Å²) in [6.07, 6.45) is 4.62. The smallest absolute Gasteiger partial charge is 0.338 e. The van der Waals surface area contributed by atoms with Crippen LogP contribution in [0.3, 0.4) is 0 Å². The lowest BCUT2D eigenvalue weighted by atomic mass is 10.2. The highest BCUT2D eigenvalue weighted by molar-refractivity contribution is 5.90. The predicted octanol–water partition coefficient (Wildman–Crippen LogP) is 4.77. The van der Waals surface area contributed by atoms with Crippen LogP contribution in [0, 0.1) is 10.1 Å². The lowest BCUT2D eigenvalue weighted by molar-refractivity contribution is -0.384. The number of esters is 1. The van der Waals surface area contributed by atoms with E-state index in [1.54, 1.807) is 18.2 Å². The second kappa shape index (κ2) is 9.09. The molecule has 0 fully saturated rings. The maximum atomic E-state index is 12.3. The first kappa shape index (κ1) is 21.5. The van der Waals surface area contributed by atoms with Crippen LogP contribution in [0.1, 0.15) is 29.6 Å². The molecule has 0 N–H and O–H groups in total. The molecule has 7 heteroatoms. The molecular weight excluding hydrogens is 382 g/mol. The van der Waals surface area contributed by atoms with E-state index in [4.69, 9.17) is 4.74 Å². The molecular formula is C23H28N3O4+. The maximum Gasteiger partial charge on any atom is 0.338 e. The normalized spacial score (nSPS) is 11.6. The number of rotatable bonds is 9. The van der Waals surface area contributed by atoms with Gasteiger partial charge in [0.2, 0.25) is 0 Å². The van der Waals surface area contributed by atoms with Gasteiger partial charge in [0, 0.05) is 41.8 Å². The quantitative estimate of drug-likeness (QED) is 0.167. The van der Waals surface area contributed by atoms with E-state index < -0.39 is 0 Å². The van der Waals surface area contributed by atoms with E-state index in [0.717, 1.165) is 42.4 Å². The van der Waals surface area contributed by atoms with Gasteiger partial charge in [0.15, 0.2) is 0 Å². The molecule has 3 rings (SSSR count). The van der Waals surface area contributed by atoms with Crippen LogP contribution in [0.4, 0.5) is 11.4 Å². The van der Waals surface area contributed by atoms with Crippen molar-refractivity contribution in [3.05, 3.63) is 70.4 Å². The second-order valence-electron chi connectivity index (χ2n) is 8.27. The van der Waals surface area contributed by atoms with Gasteiger partial charge in [-0.1, -0.05) is 6.07 Å². The van der Waals surface area contributed by atoms with Gasteiger partial charge in [-0.15, -0.1) is 0 Å². The summed E-state index contributed by atoms with van der Waals surface area (Å²) in [6.45, 7) is 1.22. The molecule has 0 unspecified atom stereocenters. The van der Waals surface area contributed by atoms with Crippen molar-refractivity contribution < 1.29 is 14.5 Å². The third-order valence-corrected chi connectivity index (χ3v) is 5.10. The van der Waals surface area contributed by atoms with Gasteiger partial charge in [-0.05, 0) is 43.5 Å². The summed E-state index contributed by atoms with van der Waals surface area (Å²) in [6, 6.07) is 14.4. The molecule has 0 aliphatic carbocycles. The zero-order valence-electron chi connectivity index (χ0n) is 17.7. The number of nitro groups is 1. The van der Waals surface area contributed by atoms with E-state index in [-0.39, 0.29) is 16.6 Å². The van der Waals surface area contributed by atoms with Crippen LogP contribution in [0.2, 0.25) is 0 Å². The monoisotopic (exact) mass is 410 g/mol. The van der Waals surface area contributed by atoms with Gasteiger partial charge in [0.05, 0.1) is 38.2 Å². The molecule has 30 heavy (non-hydrogen) atoms. The number of nitro benzene ring substituents is 1. The molecule has 1 heterocycles. The van der Waals surface area contributed by atoms with E-state index >= 15 is 0 Å². The fourth-order valence-corrected chi connectivity index (χ4v) is 3.36. The number of unbranched alkanes of at least 4 members (excludes halogenated alkanes) is 2. The molecule has 2 aromatic carbocycles. The Morgan fingerprint density at radius 3 is 2.60 bits per heavy atom. The van der Waals surface area contributed by atoms with Crippen molar-refractivity contribution in [1.82, 2.24) is 9.05 Å². The van der Waals surface area contributed by atoms with E-state index in [0.29, 0.717) is 16.7 Å². The minimum Gasteiger partial charge on any atom is -0.462 e. The summed E-state index contributed by atoms with van der Waals surface area (Å²) in [5, 5.41) is 11.8. The SMILES string of the molecule is C[N+](C)(C)c1cccc(C(=O)OCCCCCn2ccc3cc([N+](=O)[O-])ccc32)c1. The Morgan fingerprint density at radius 2 is 1.87 bits per heavy atom. The maximum absolute atomic E-state index is 12.3. The number of non-ortho nitro benzene ring substituents is 1. The van der Waals surface area contributed by atoms with Crippen molar-refractivity contribution in [2.75, 3.05) is 27.7 Å². The molecule has 0 spiro atoms. The Labute approximate surface area is 176 Å². The molecule has 158 valence electrons. The summed E-state index contributed by atoms with van der Waals surface area (Å²) in [5.41, 5.74) is 2.72. The highest BCUT2D eigenvalue weighted by Gasteiger charge is 2.15. The number of nitrogens with zero attached hydrogens (tertiary/aromatic N) is 3. The largest absolute Gasteiger partial charge is 0.462 e. The van der Waals surface area contributed by atoms with Crippen LogP contribution in [0.15, 0.2) is 54.7 Å². The first-order chi connectivity index (χ1) is 14.3. The van der Waals surface area contributed by atoms with Crippen molar-refractivity contribution in [2.24, 2.45) is 0 Å². The van der Waals surface area contributed by atoms with Crippen LogP contribution >= 0.6 is 0 Å². The van der Waals surface area contributed by atoms with E-state index in [1.807, 2.05) is 30.5 Å². The van der Waals surface area contributed by atoms with Gasteiger partial charge in [-0.3, -0.25) is 14.6 Å². The van der Waals surface area contributed by atoms with Crippen molar-refractivity contribution >= 4 is 28.2 Å². The lowest BCUT2D eigenvalue weighted by Gasteiger charge is -2.23. The average molecular weight is 410 g/mol. The number of hydrogen-bond donors (Lipinski definition) is 0. The van der Waals surface area contributed by atoms with Gasteiger partial charge >= 0.3 is 5.97 Å². The number of carbonyl (C=O) groups is 1. The molecule has 0 amide bonds. The average Bonchev–Trinajstić information content (AvgIpc) is 3.12. The number of benzene rings is 2. The number of ether oxygens (including phenoxy) is 1. The Hall–Kier alpha value is -3.19. The summed E-state index contributed by atoms with van der Waals surface area (Å²) in [5.74, 6) is -0.289. The molecule has 1 aromatic heterocycles. The first-order valence-electron chi connectivity index (χ1n) is 10.1. The first-order valence-corrected chi connectivity index (χ1v) is 10.1.